The van der Waals surface area contributed by atoms with Gasteiger partial charge < -0.3 is 9.64 Å². The molecule has 9 nitrogen and oxygen atoms in total. The summed E-state index contributed by atoms with van der Waals surface area (Å²) < 4.78 is 9.34. The van der Waals surface area contributed by atoms with Gasteiger partial charge in [-0.1, -0.05) is 48.0 Å². The summed E-state index contributed by atoms with van der Waals surface area (Å²) in [5.41, 5.74) is 10.9. The molecule has 4 heterocycles. The molecule has 1 aliphatic rings. The number of aromatic nitrogens is 5. The number of hydrogen-bond donors (Lipinski definition) is 1. The molecule has 1 saturated heterocycles. The third-order valence-corrected chi connectivity index (χ3v) is 6.48. The van der Waals surface area contributed by atoms with E-state index in [9.17, 15) is 0 Å². The summed E-state index contributed by atoms with van der Waals surface area (Å²) in [7, 11) is 0. The number of para-hydroxylation sites is 1. The van der Waals surface area contributed by atoms with Gasteiger partial charge >= 0.3 is 0 Å². The number of fused-ring (bicyclic) bond motifs is 1. The SMILES string of the molecule is Cc1cccc(C=NNc2cc(N3CCOCC3)c3nc(-c4cnn(-c5ccccc5)c4C)cn3n2)c1. The summed E-state index contributed by atoms with van der Waals surface area (Å²) in [6.45, 7) is 7.07. The van der Waals surface area contributed by atoms with E-state index in [1.165, 1.54) is 5.56 Å². The Bertz CT molecular complexity index is 1560. The molecule has 0 bridgehead atoms. The standard InChI is InChI=1S/C28H28N8O/c1-20-7-6-8-22(15-20)17-29-32-27-16-26(34-11-13-37-14-12-34)28-31-25(19-35(28)33-27)24-18-30-36(21(24)2)23-9-4-3-5-10-23/h3-10,15-19H,11-14H2,1-2H3,(H,32,33). The van der Waals surface area contributed by atoms with Gasteiger partial charge in [-0.2, -0.15) is 10.2 Å². The van der Waals surface area contributed by atoms with Gasteiger partial charge in [0, 0.05) is 24.7 Å². The van der Waals surface area contributed by atoms with Crippen molar-refractivity contribution in [2.75, 3.05) is 36.6 Å². The van der Waals surface area contributed by atoms with Crippen LogP contribution >= 0.6 is 0 Å². The summed E-state index contributed by atoms with van der Waals surface area (Å²) in [6.07, 6.45) is 5.62. The lowest BCUT2D eigenvalue weighted by Gasteiger charge is -2.29. The molecule has 9 heteroatoms. The molecular formula is C28H28N8O. The van der Waals surface area contributed by atoms with Gasteiger partial charge in [-0.05, 0) is 31.5 Å². The minimum atomic E-state index is 0.638. The van der Waals surface area contributed by atoms with E-state index < -0.39 is 0 Å². The van der Waals surface area contributed by atoms with Crippen molar-refractivity contribution < 1.29 is 4.74 Å². The molecule has 37 heavy (non-hydrogen) atoms. The third kappa shape index (κ3) is 4.68. The number of ether oxygens (including phenoxy) is 1. The Hall–Kier alpha value is -4.50. The minimum absolute atomic E-state index is 0.638. The van der Waals surface area contributed by atoms with Crippen LogP contribution in [0.25, 0.3) is 22.6 Å². The molecule has 0 spiro atoms. The van der Waals surface area contributed by atoms with Crippen LogP contribution in [0.1, 0.15) is 16.8 Å². The Labute approximate surface area is 215 Å². The maximum Gasteiger partial charge on any atom is 0.177 e. The predicted molar refractivity (Wildman–Crippen MR) is 146 cm³/mol. The molecule has 0 amide bonds. The largest absolute Gasteiger partial charge is 0.378 e. The number of nitrogens with zero attached hydrogens (tertiary/aromatic N) is 7. The summed E-state index contributed by atoms with van der Waals surface area (Å²) in [6, 6.07) is 20.3. The molecule has 0 saturated carbocycles. The topological polar surface area (TPSA) is 84.9 Å². The maximum atomic E-state index is 5.59. The predicted octanol–water partition coefficient (Wildman–Crippen LogP) is 4.48. The number of hydrazone groups is 1. The van der Waals surface area contributed by atoms with Crippen molar-refractivity contribution in [2.45, 2.75) is 13.8 Å². The summed E-state index contributed by atoms with van der Waals surface area (Å²) >= 11 is 0. The first-order valence-electron chi connectivity index (χ1n) is 12.3. The molecule has 0 aliphatic carbocycles. The normalized spacial score (nSPS) is 14.1. The summed E-state index contributed by atoms with van der Waals surface area (Å²) in [4.78, 5) is 7.29. The van der Waals surface area contributed by atoms with E-state index in [-0.39, 0.29) is 0 Å². The Balaban J connectivity index is 1.37. The zero-order chi connectivity index (χ0) is 25.2. The fraction of sp³-hybridized carbons (Fsp3) is 0.214. The molecular weight excluding hydrogens is 464 g/mol. The number of hydrogen-bond acceptors (Lipinski definition) is 7. The number of anilines is 2. The van der Waals surface area contributed by atoms with Gasteiger partial charge in [0.2, 0.25) is 0 Å². The Morgan fingerprint density at radius 2 is 1.84 bits per heavy atom. The number of aryl methyl sites for hydroxylation is 1. The van der Waals surface area contributed by atoms with Crippen molar-refractivity contribution in [3.63, 3.8) is 0 Å². The van der Waals surface area contributed by atoms with Gasteiger partial charge in [-0.15, -0.1) is 5.10 Å². The first kappa shape index (κ1) is 22.9. The third-order valence-electron chi connectivity index (χ3n) is 6.48. The monoisotopic (exact) mass is 492 g/mol. The van der Waals surface area contributed by atoms with Crippen LogP contribution in [-0.4, -0.2) is 56.9 Å². The van der Waals surface area contributed by atoms with Gasteiger partial charge in [0.05, 0.1) is 54.6 Å². The molecule has 186 valence electrons. The van der Waals surface area contributed by atoms with Gasteiger partial charge in [-0.3, -0.25) is 5.43 Å². The van der Waals surface area contributed by atoms with Crippen LogP contribution in [0, 0.1) is 13.8 Å². The van der Waals surface area contributed by atoms with E-state index >= 15 is 0 Å². The van der Waals surface area contributed by atoms with E-state index in [1.807, 2.05) is 70.1 Å². The quantitative estimate of drug-likeness (QED) is 0.278. The fourth-order valence-corrected chi connectivity index (χ4v) is 4.60. The van der Waals surface area contributed by atoms with Crippen molar-refractivity contribution in [2.24, 2.45) is 5.10 Å². The van der Waals surface area contributed by atoms with E-state index in [4.69, 9.17) is 14.8 Å². The number of morpholine rings is 1. The molecule has 3 aromatic heterocycles. The molecule has 6 rings (SSSR count). The number of rotatable bonds is 6. The molecule has 0 radical (unpaired) electrons. The van der Waals surface area contributed by atoms with Crippen LogP contribution in [-0.2, 0) is 4.74 Å². The van der Waals surface area contributed by atoms with Gasteiger partial charge in [0.15, 0.2) is 11.5 Å². The average molecular weight is 493 g/mol. The smallest absolute Gasteiger partial charge is 0.177 e. The molecule has 0 unspecified atom stereocenters. The molecule has 5 aromatic rings. The Morgan fingerprint density at radius 3 is 2.65 bits per heavy atom. The zero-order valence-electron chi connectivity index (χ0n) is 20.9. The first-order valence-corrected chi connectivity index (χ1v) is 12.3. The minimum Gasteiger partial charge on any atom is -0.378 e. The second kappa shape index (κ2) is 9.87. The lowest BCUT2D eigenvalue weighted by atomic mass is 10.2. The van der Waals surface area contributed by atoms with Crippen molar-refractivity contribution in [1.82, 2.24) is 24.4 Å². The molecule has 2 aromatic carbocycles. The second-order valence-corrected chi connectivity index (χ2v) is 9.08. The van der Waals surface area contributed by atoms with E-state index in [1.54, 1.807) is 6.21 Å². The van der Waals surface area contributed by atoms with Gasteiger partial charge in [0.25, 0.3) is 0 Å². The average Bonchev–Trinajstić information content (AvgIpc) is 3.52. The van der Waals surface area contributed by atoms with Crippen LogP contribution < -0.4 is 10.3 Å². The van der Waals surface area contributed by atoms with Crippen LogP contribution in [0.5, 0.6) is 0 Å². The Kier molecular flexibility index (Phi) is 6.11. The molecule has 0 atom stereocenters. The molecule has 1 aliphatic heterocycles. The Morgan fingerprint density at radius 1 is 1.00 bits per heavy atom. The highest BCUT2D eigenvalue weighted by atomic mass is 16.5. The summed E-state index contributed by atoms with van der Waals surface area (Å²) in [5, 5.41) is 13.8. The van der Waals surface area contributed by atoms with Crippen molar-refractivity contribution in [1.29, 1.82) is 0 Å². The lowest BCUT2D eigenvalue weighted by molar-refractivity contribution is 0.123. The van der Waals surface area contributed by atoms with Gasteiger partial charge in [-0.25, -0.2) is 14.2 Å². The van der Waals surface area contributed by atoms with E-state index in [2.05, 4.69) is 46.5 Å². The van der Waals surface area contributed by atoms with Crippen molar-refractivity contribution >= 4 is 23.4 Å². The van der Waals surface area contributed by atoms with Crippen LogP contribution in [0.3, 0.4) is 0 Å². The van der Waals surface area contributed by atoms with E-state index in [0.29, 0.717) is 19.0 Å². The van der Waals surface area contributed by atoms with Gasteiger partial charge in [0.1, 0.15) is 0 Å². The second-order valence-electron chi connectivity index (χ2n) is 9.08. The van der Waals surface area contributed by atoms with Crippen LogP contribution in [0.15, 0.2) is 78.2 Å². The highest BCUT2D eigenvalue weighted by Gasteiger charge is 2.20. The zero-order valence-corrected chi connectivity index (χ0v) is 20.9. The highest BCUT2D eigenvalue weighted by molar-refractivity contribution is 5.81. The van der Waals surface area contributed by atoms with Crippen LogP contribution in [0.2, 0.25) is 0 Å². The molecule has 1 N–H and O–H groups in total. The van der Waals surface area contributed by atoms with Crippen molar-refractivity contribution in [3.8, 4) is 16.9 Å². The van der Waals surface area contributed by atoms with Crippen LogP contribution in [0.4, 0.5) is 11.5 Å². The fourth-order valence-electron chi connectivity index (χ4n) is 4.60. The van der Waals surface area contributed by atoms with Crippen molar-refractivity contribution in [3.05, 3.63) is 89.9 Å². The number of imidazole rings is 1. The highest BCUT2D eigenvalue weighted by Crippen LogP contribution is 2.30. The maximum absolute atomic E-state index is 5.59. The number of benzene rings is 2. The number of nitrogens with one attached hydrogen (secondary N) is 1. The molecule has 1 fully saturated rings. The van der Waals surface area contributed by atoms with E-state index in [0.717, 1.165) is 52.6 Å². The summed E-state index contributed by atoms with van der Waals surface area (Å²) in [5.74, 6) is 0.638. The lowest BCUT2D eigenvalue weighted by Crippen LogP contribution is -2.36. The first-order chi connectivity index (χ1) is 18.2.